The van der Waals surface area contributed by atoms with E-state index in [1.165, 1.54) is 11.3 Å². The molecule has 6 heteroatoms. The lowest BCUT2D eigenvalue weighted by atomic mass is 10.0. The summed E-state index contributed by atoms with van der Waals surface area (Å²) in [6.07, 6.45) is 4.70. The first-order chi connectivity index (χ1) is 9.62. The molecule has 0 unspecified atom stereocenters. The molecule has 0 atom stereocenters. The van der Waals surface area contributed by atoms with Gasteiger partial charge in [-0.15, -0.1) is 11.3 Å². The largest absolute Gasteiger partial charge is 0.384 e. The quantitative estimate of drug-likeness (QED) is 0.834. The number of aliphatic hydroxyl groups excluding tert-OH is 1. The molecule has 1 aromatic rings. The van der Waals surface area contributed by atoms with Gasteiger partial charge in [0.2, 0.25) is 10.0 Å². The van der Waals surface area contributed by atoms with E-state index in [-0.39, 0.29) is 11.9 Å². The lowest BCUT2D eigenvalue weighted by molar-refractivity contribution is 0.350. The summed E-state index contributed by atoms with van der Waals surface area (Å²) in [5.74, 6) is 5.38. The number of rotatable bonds is 4. The molecule has 1 aromatic heterocycles. The van der Waals surface area contributed by atoms with Crippen LogP contribution in [0.2, 0.25) is 0 Å². The van der Waals surface area contributed by atoms with Crippen LogP contribution >= 0.6 is 11.3 Å². The molecule has 0 aliphatic heterocycles. The van der Waals surface area contributed by atoms with Crippen molar-refractivity contribution < 1.29 is 13.5 Å². The minimum atomic E-state index is -3.21. The van der Waals surface area contributed by atoms with Gasteiger partial charge < -0.3 is 5.11 Å². The van der Waals surface area contributed by atoms with Crippen molar-refractivity contribution in [3.05, 3.63) is 21.9 Å². The van der Waals surface area contributed by atoms with Crippen LogP contribution in [0, 0.1) is 11.8 Å². The van der Waals surface area contributed by atoms with Gasteiger partial charge in [0.15, 0.2) is 0 Å². The molecule has 1 saturated carbocycles. The highest BCUT2D eigenvalue weighted by atomic mass is 32.2. The van der Waals surface area contributed by atoms with E-state index < -0.39 is 10.0 Å². The van der Waals surface area contributed by atoms with Crippen LogP contribution in [-0.2, 0) is 16.6 Å². The Morgan fingerprint density at radius 1 is 1.35 bits per heavy atom. The van der Waals surface area contributed by atoms with E-state index in [2.05, 4.69) is 16.6 Å². The van der Waals surface area contributed by atoms with Crippen LogP contribution in [0.1, 0.15) is 42.5 Å². The minimum Gasteiger partial charge on any atom is -0.384 e. The molecule has 1 heterocycles. The maximum Gasteiger partial charge on any atom is 0.214 e. The Morgan fingerprint density at radius 2 is 2.10 bits per heavy atom. The number of hydrogen-bond acceptors (Lipinski definition) is 4. The SMILES string of the molecule is O=S(=O)(NCc1cc(C#CCO)cs1)C1CCCCC1. The third-order valence-electron chi connectivity index (χ3n) is 3.40. The molecular weight excluding hydrogens is 294 g/mol. The van der Waals surface area contributed by atoms with Crippen molar-refractivity contribution in [2.45, 2.75) is 43.9 Å². The zero-order valence-electron chi connectivity index (χ0n) is 11.3. The van der Waals surface area contributed by atoms with Gasteiger partial charge in [0.05, 0.1) is 5.25 Å². The molecule has 0 radical (unpaired) electrons. The highest BCUT2D eigenvalue weighted by Gasteiger charge is 2.26. The normalized spacial score (nSPS) is 16.6. The third kappa shape index (κ3) is 4.32. The van der Waals surface area contributed by atoms with Gasteiger partial charge in [0.25, 0.3) is 0 Å². The molecule has 20 heavy (non-hydrogen) atoms. The predicted octanol–water partition coefficient (Wildman–Crippen LogP) is 1.84. The van der Waals surface area contributed by atoms with Crippen molar-refractivity contribution in [1.82, 2.24) is 4.72 Å². The number of aliphatic hydroxyl groups is 1. The molecule has 1 aliphatic carbocycles. The number of hydrogen-bond donors (Lipinski definition) is 2. The van der Waals surface area contributed by atoms with E-state index >= 15 is 0 Å². The van der Waals surface area contributed by atoms with Crippen LogP contribution in [0.4, 0.5) is 0 Å². The fraction of sp³-hybridized carbons (Fsp3) is 0.571. The molecule has 2 rings (SSSR count). The van der Waals surface area contributed by atoms with Crippen LogP contribution in [0.15, 0.2) is 11.4 Å². The smallest absolute Gasteiger partial charge is 0.214 e. The minimum absolute atomic E-state index is 0.167. The first-order valence-electron chi connectivity index (χ1n) is 6.77. The molecule has 1 aliphatic rings. The molecule has 2 N–H and O–H groups in total. The maximum atomic E-state index is 12.2. The van der Waals surface area contributed by atoms with Crippen molar-refractivity contribution in [2.24, 2.45) is 0 Å². The predicted molar refractivity (Wildman–Crippen MR) is 80.9 cm³/mol. The van der Waals surface area contributed by atoms with Gasteiger partial charge in [-0.2, -0.15) is 0 Å². The first-order valence-corrected chi connectivity index (χ1v) is 9.20. The topological polar surface area (TPSA) is 66.4 Å². The van der Waals surface area contributed by atoms with Crippen LogP contribution in [0.5, 0.6) is 0 Å². The van der Waals surface area contributed by atoms with E-state index in [0.717, 1.165) is 42.5 Å². The van der Waals surface area contributed by atoms with Gasteiger partial charge in [0, 0.05) is 22.4 Å². The molecule has 110 valence electrons. The van der Waals surface area contributed by atoms with Crippen molar-refractivity contribution in [1.29, 1.82) is 0 Å². The summed E-state index contributed by atoms with van der Waals surface area (Å²) < 4.78 is 27.0. The summed E-state index contributed by atoms with van der Waals surface area (Å²) in [6.45, 7) is 0.157. The van der Waals surface area contributed by atoms with E-state index in [4.69, 9.17) is 5.11 Å². The lowest BCUT2D eigenvalue weighted by Crippen LogP contribution is -2.35. The summed E-state index contributed by atoms with van der Waals surface area (Å²) >= 11 is 1.48. The van der Waals surface area contributed by atoms with Crippen LogP contribution in [0.3, 0.4) is 0 Å². The Morgan fingerprint density at radius 3 is 2.80 bits per heavy atom. The fourth-order valence-corrected chi connectivity index (χ4v) is 4.74. The van der Waals surface area contributed by atoms with Crippen molar-refractivity contribution >= 4 is 21.4 Å². The molecule has 0 amide bonds. The maximum absolute atomic E-state index is 12.2. The summed E-state index contributed by atoms with van der Waals surface area (Å²) in [5.41, 5.74) is 0.816. The average Bonchev–Trinajstić information content (AvgIpc) is 2.92. The zero-order valence-corrected chi connectivity index (χ0v) is 12.9. The Balaban J connectivity index is 1.92. The van der Waals surface area contributed by atoms with Crippen molar-refractivity contribution in [3.8, 4) is 11.8 Å². The second kappa shape index (κ2) is 7.23. The second-order valence-electron chi connectivity index (χ2n) is 4.89. The monoisotopic (exact) mass is 313 g/mol. The van der Waals surface area contributed by atoms with Crippen LogP contribution in [0.25, 0.3) is 0 Å². The van der Waals surface area contributed by atoms with E-state index in [0.29, 0.717) is 6.54 Å². The van der Waals surface area contributed by atoms with Crippen molar-refractivity contribution in [2.75, 3.05) is 6.61 Å². The first kappa shape index (κ1) is 15.5. The Bertz CT molecular complexity index is 589. The van der Waals surface area contributed by atoms with Gasteiger partial charge in [-0.05, 0) is 18.9 Å². The summed E-state index contributed by atoms with van der Waals surface area (Å²) in [4.78, 5) is 0.937. The molecule has 1 fully saturated rings. The highest BCUT2D eigenvalue weighted by Crippen LogP contribution is 2.23. The van der Waals surface area contributed by atoms with E-state index in [1.54, 1.807) is 0 Å². The molecular formula is C14H19NO3S2. The zero-order chi connectivity index (χ0) is 14.4. The van der Waals surface area contributed by atoms with Crippen LogP contribution in [-0.4, -0.2) is 25.4 Å². The summed E-state index contributed by atoms with van der Waals surface area (Å²) in [6, 6.07) is 1.86. The van der Waals surface area contributed by atoms with E-state index in [1.807, 2.05) is 11.4 Å². The Labute approximate surface area is 124 Å². The van der Waals surface area contributed by atoms with Crippen molar-refractivity contribution in [3.63, 3.8) is 0 Å². The van der Waals surface area contributed by atoms with Crippen LogP contribution < -0.4 is 4.72 Å². The lowest BCUT2D eigenvalue weighted by Gasteiger charge is -2.21. The summed E-state index contributed by atoms with van der Waals surface area (Å²) in [7, 11) is -3.21. The second-order valence-corrected chi connectivity index (χ2v) is 7.93. The van der Waals surface area contributed by atoms with Gasteiger partial charge in [-0.3, -0.25) is 0 Å². The van der Waals surface area contributed by atoms with Gasteiger partial charge in [0.1, 0.15) is 6.61 Å². The Kier molecular flexibility index (Phi) is 5.61. The van der Waals surface area contributed by atoms with Gasteiger partial charge >= 0.3 is 0 Å². The highest BCUT2D eigenvalue weighted by molar-refractivity contribution is 7.90. The number of sulfonamides is 1. The Hall–Kier alpha value is -0.870. The summed E-state index contributed by atoms with van der Waals surface area (Å²) in [5, 5.41) is 10.3. The molecule has 4 nitrogen and oxygen atoms in total. The molecule has 0 bridgehead atoms. The standard InChI is InChI=1S/C14H19NO3S2/c16-8-4-5-12-9-13(19-11-12)10-15-20(17,18)14-6-2-1-3-7-14/h9,11,14-16H,1-3,6-8,10H2. The van der Waals surface area contributed by atoms with Gasteiger partial charge in [-0.25, -0.2) is 13.1 Å². The molecule has 0 spiro atoms. The number of thiophene rings is 1. The average molecular weight is 313 g/mol. The molecule has 0 saturated heterocycles. The third-order valence-corrected chi connectivity index (χ3v) is 6.24. The van der Waals surface area contributed by atoms with E-state index in [9.17, 15) is 8.42 Å². The molecule has 0 aromatic carbocycles. The van der Waals surface area contributed by atoms with Gasteiger partial charge in [-0.1, -0.05) is 31.1 Å². The number of nitrogens with one attached hydrogen (secondary N) is 1. The fourth-order valence-electron chi connectivity index (χ4n) is 2.35.